The first-order chi connectivity index (χ1) is 41.6. The van der Waals surface area contributed by atoms with Crippen LogP contribution in [-0.2, 0) is 84.7 Å². The summed E-state index contributed by atoms with van der Waals surface area (Å²) < 4.78 is 15.7. The molecule has 0 aromatic heterocycles. The van der Waals surface area contributed by atoms with E-state index in [-0.39, 0.29) is 54.1 Å². The van der Waals surface area contributed by atoms with Crippen LogP contribution >= 0.6 is 35.3 Å². The lowest BCUT2D eigenvalue weighted by molar-refractivity contribution is -0.143. The lowest BCUT2D eigenvalue weighted by Gasteiger charge is -2.19. The fourth-order valence-electron chi connectivity index (χ4n) is 10.5. The van der Waals surface area contributed by atoms with Gasteiger partial charge in [0.15, 0.2) is 0 Å². The fourth-order valence-corrected chi connectivity index (χ4v) is 13.6. The van der Waals surface area contributed by atoms with Crippen LogP contribution in [0.1, 0.15) is 100 Å². The van der Waals surface area contributed by atoms with E-state index in [1.807, 2.05) is 114 Å². The average Bonchev–Trinajstić information content (AvgIpc) is 2.58. The van der Waals surface area contributed by atoms with Crippen molar-refractivity contribution >= 4 is 53.2 Å². The molecule has 0 saturated heterocycles. The number of hydrogen-bond acceptors (Lipinski definition) is 18. The second-order valence-corrected chi connectivity index (χ2v) is 25.4. The van der Waals surface area contributed by atoms with Crippen molar-refractivity contribution in [1.29, 1.82) is 0 Å². The molecule has 0 aliphatic rings. The van der Waals surface area contributed by atoms with Crippen molar-refractivity contribution in [3.63, 3.8) is 0 Å². The molecule has 0 aliphatic heterocycles. The van der Waals surface area contributed by atoms with E-state index in [2.05, 4.69) is 34.1 Å². The van der Waals surface area contributed by atoms with Gasteiger partial charge in [-0.2, -0.15) is 35.3 Å². The topological polar surface area (TPSA) is 236 Å². The number of carbonyl (C=O) groups excluding carboxylic acids is 3. The van der Waals surface area contributed by atoms with Gasteiger partial charge < -0.3 is 44.8 Å². The zero-order valence-corrected chi connectivity index (χ0v) is 53.4. The molecular weight excluding hydrogens is 1160 g/mol. The summed E-state index contributed by atoms with van der Waals surface area (Å²) in [4.78, 5) is 39.9. The number of thioether (sulfide) groups is 3. The van der Waals surface area contributed by atoms with Crippen LogP contribution in [0.2, 0.25) is 0 Å². The third-order valence-electron chi connectivity index (χ3n) is 14.9. The first-order valence-electron chi connectivity index (χ1n) is 28.7. The van der Waals surface area contributed by atoms with Crippen LogP contribution in [0.3, 0.4) is 0 Å². The van der Waals surface area contributed by atoms with Crippen molar-refractivity contribution in [2.75, 3.05) is 38.6 Å². The van der Waals surface area contributed by atoms with Gasteiger partial charge in [0.25, 0.3) is 0 Å². The van der Waals surface area contributed by atoms with Gasteiger partial charge in [0.2, 0.25) is 0 Å². The Labute approximate surface area is 523 Å². The van der Waals surface area contributed by atoms with E-state index in [9.17, 15) is 45.0 Å². The molecule has 87 heavy (non-hydrogen) atoms. The highest BCUT2D eigenvalue weighted by Gasteiger charge is 2.25. The molecule has 0 bridgehead atoms. The average molecular weight is 1240 g/mol. The van der Waals surface area contributed by atoms with E-state index in [1.54, 1.807) is 53.5 Å². The van der Waals surface area contributed by atoms with Gasteiger partial charge in [0.1, 0.15) is 52.6 Å². The largest absolute Gasteiger partial charge is 0.508 e. The quantitative estimate of drug-likeness (QED) is 0.0150. The van der Waals surface area contributed by atoms with Crippen LogP contribution in [0.25, 0.3) is 0 Å². The van der Waals surface area contributed by atoms with E-state index in [1.165, 1.54) is 21.3 Å². The number of aryl methyl sites for hydroxylation is 6. The monoisotopic (exact) mass is 1240 g/mol. The molecule has 0 amide bonds. The Kier molecular flexibility index (Phi) is 24.8. The highest BCUT2D eigenvalue weighted by atomic mass is 32.2. The molecule has 0 saturated carbocycles. The van der Waals surface area contributed by atoms with Gasteiger partial charge in [-0.15, -0.1) is 0 Å². The third kappa shape index (κ3) is 19.3. The maximum absolute atomic E-state index is 13.3. The molecule has 462 valence electrons. The van der Waals surface area contributed by atoms with E-state index in [0.717, 1.165) is 50.1 Å². The van der Waals surface area contributed by atoms with Crippen LogP contribution in [0.4, 0.5) is 0 Å². The predicted octanol–water partition coefficient (Wildman–Crippen LogP) is 11.2. The van der Waals surface area contributed by atoms with E-state index >= 15 is 0 Å². The minimum absolute atomic E-state index is 0.0836. The van der Waals surface area contributed by atoms with E-state index < -0.39 is 36.0 Å². The molecule has 0 spiro atoms. The van der Waals surface area contributed by atoms with Crippen LogP contribution in [0.15, 0.2) is 109 Å². The van der Waals surface area contributed by atoms with Gasteiger partial charge in [-0.05, 0) is 110 Å². The van der Waals surface area contributed by atoms with Crippen LogP contribution in [-0.4, -0.2) is 105 Å². The lowest BCUT2D eigenvalue weighted by atomic mass is 9.97. The van der Waals surface area contributed by atoms with Crippen LogP contribution < -0.4 is 16.0 Å². The van der Waals surface area contributed by atoms with Gasteiger partial charge in [-0.1, -0.05) is 124 Å². The maximum atomic E-state index is 13.3. The summed E-state index contributed by atoms with van der Waals surface area (Å²) in [5.41, 5.74) is 14.5. The maximum Gasteiger partial charge on any atom is 0.323 e. The van der Waals surface area contributed by atoms with Crippen molar-refractivity contribution in [1.82, 2.24) is 16.0 Å². The Balaban J connectivity index is 1.06. The number of phenols is 6. The standard InChI is InChI=1S/C69H81N3O12S3/c1-40-10-13-61(73)49(16-40)28-52-19-43(4)22-55(64(52)76)31-70-58(67(79)82-7)37-85-34-46-25-47(35-86-38-59(68(80)83-8)71-32-56-23-44(5)20-53(65(56)77)29-50-17-41(2)11-14-62(50)74)27-48(26-46)36-87-39-60(69(81)84-9)72-33-57-24-45(6)21-54(66(57)78)30-51-18-42(3)12-15-63(51)75/h10-27,58-60,70-78H,28-39H2,1-9H3/t58-,59-,60-/m1/s1. The summed E-state index contributed by atoms with van der Waals surface area (Å²) in [6.07, 6.45) is 0.962. The summed E-state index contributed by atoms with van der Waals surface area (Å²) in [5, 5.41) is 76.1. The summed E-state index contributed by atoms with van der Waals surface area (Å²) in [5.74, 6) is 1.89. The molecule has 15 nitrogen and oxygen atoms in total. The molecule has 7 aromatic carbocycles. The Morgan fingerprint density at radius 2 is 0.598 bits per heavy atom. The Bertz CT molecular complexity index is 3180. The Morgan fingerprint density at radius 3 is 0.851 bits per heavy atom. The Hall–Kier alpha value is -7.32. The number of rotatable bonds is 30. The highest BCUT2D eigenvalue weighted by molar-refractivity contribution is 7.99. The zero-order chi connectivity index (χ0) is 62.9. The number of aromatic hydroxyl groups is 6. The fraction of sp³-hybridized carbons (Fsp3) is 0.348. The van der Waals surface area contributed by atoms with Crippen molar-refractivity contribution in [3.8, 4) is 34.5 Å². The number of benzene rings is 7. The number of ether oxygens (including phenoxy) is 3. The van der Waals surface area contributed by atoms with Crippen molar-refractivity contribution in [2.24, 2.45) is 0 Å². The van der Waals surface area contributed by atoms with Crippen LogP contribution in [0.5, 0.6) is 34.5 Å². The van der Waals surface area contributed by atoms with E-state index in [4.69, 9.17) is 14.2 Å². The minimum atomic E-state index is -0.729. The SMILES string of the molecule is COC(=O)[C@@H](CSCc1cc(CSC[C@@H](NCc2cc(C)cc(Cc3cc(C)ccc3O)c2O)C(=O)OC)cc(CSC[C@@H](NCc2cc(C)cc(Cc3cc(C)ccc3O)c2O)C(=O)OC)c1)NCc1cc(C)cc(Cc2cc(C)ccc2O)c1O. The zero-order valence-electron chi connectivity index (χ0n) is 51.0. The second-order valence-electron chi connectivity index (χ2n) is 22.3. The minimum Gasteiger partial charge on any atom is -0.508 e. The first kappa shape index (κ1) is 67.2. The summed E-state index contributed by atoms with van der Waals surface area (Å²) in [6, 6.07) is 31.5. The molecule has 7 aromatic rings. The van der Waals surface area contributed by atoms with E-state index in [0.29, 0.717) is 104 Å². The number of esters is 3. The molecular formula is C69H81N3O12S3. The number of hydrogen-bond donors (Lipinski definition) is 9. The molecule has 9 N–H and O–H groups in total. The highest BCUT2D eigenvalue weighted by Crippen LogP contribution is 2.34. The molecule has 0 aliphatic carbocycles. The van der Waals surface area contributed by atoms with Crippen LogP contribution in [0, 0.1) is 41.5 Å². The van der Waals surface area contributed by atoms with Crippen molar-refractivity contribution in [3.05, 3.63) is 209 Å². The number of methoxy groups -OCH3 is 3. The number of phenolic OH excluding ortho intramolecular Hbond substituents is 6. The molecule has 0 radical (unpaired) electrons. The first-order valence-corrected chi connectivity index (χ1v) is 32.2. The molecule has 0 fully saturated rings. The predicted molar refractivity (Wildman–Crippen MR) is 348 cm³/mol. The van der Waals surface area contributed by atoms with Crippen molar-refractivity contribution < 1.29 is 59.2 Å². The molecule has 18 heteroatoms. The van der Waals surface area contributed by atoms with Gasteiger partial charge in [-0.3, -0.25) is 30.3 Å². The van der Waals surface area contributed by atoms with Gasteiger partial charge in [-0.25, -0.2) is 0 Å². The van der Waals surface area contributed by atoms with Crippen molar-refractivity contribution in [2.45, 2.75) is 116 Å². The Morgan fingerprint density at radius 1 is 0.356 bits per heavy atom. The third-order valence-corrected chi connectivity index (χ3v) is 18.2. The van der Waals surface area contributed by atoms with Gasteiger partial charge >= 0.3 is 17.9 Å². The van der Waals surface area contributed by atoms with Gasteiger partial charge in [0.05, 0.1) is 21.3 Å². The summed E-state index contributed by atoms with van der Waals surface area (Å²) >= 11 is 4.62. The molecule has 0 heterocycles. The lowest BCUT2D eigenvalue weighted by Crippen LogP contribution is -2.39. The second kappa shape index (κ2) is 32.1. The molecule has 3 atom stereocenters. The number of carbonyl (C=O) groups is 3. The number of nitrogens with one attached hydrogen (secondary N) is 3. The van der Waals surface area contributed by atoms with Gasteiger partial charge in [0, 0.05) is 90.1 Å². The smallest absolute Gasteiger partial charge is 0.323 e. The summed E-state index contributed by atoms with van der Waals surface area (Å²) in [6.45, 7) is 12.2. The summed E-state index contributed by atoms with van der Waals surface area (Å²) in [7, 11) is 4.03. The molecule has 7 rings (SSSR count). The molecule has 0 unspecified atom stereocenters. The normalized spacial score (nSPS) is 12.4.